The molecule has 1 aromatic heterocycles. The van der Waals surface area contributed by atoms with Crippen molar-refractivity contribution in [1.82, 2.24) is 9.62 Å². The van der Waals surface area contributed by atoms with Gasteiger partial charge in [0.2, 0.25) is 15.9 Å². The first-order chi connectivity index (χ1) is 13.9. The van der Waals surface area contributed by atoms with Crippen LogP contribution in [-0.2, 0) is 26.1 Å². The minimum Gasteiger partial charge on any atom is -0.467 e. The highest BCUT2D eigenvalue weighted by Gasteiger charge is 2.37. The maximum atomic E-state index is 13.1. The van der Waals surface area contributed by atoms with Crippen LogP contribution in [0.1, 0.15) is 25.0 Å². The lowest BCUT2D eigenvalue weighted by molar-refractivity contribution is -0.125. The van der Waals surface area contributed by atoms with Crippen molar-refractivity contribution in [2.45, 2.75) is 36.7 Å². The van der Waals surface area contributed by atoms with Crippen molar-refractivity contribution in [3.8, 4) is 0 Å². The Kier molecular flexibility index (Phi) is 6.55. The van der Waals surface area contributed by atoms with Gasteiger partial charge in [0.25, 0.3) is 0 Å². The van der Waals surface area contributed by atoms with Gasteiger partial charge in [-0.3, -0.25) is 10.1 Å². The molecule has 1 fully saturated rings. The number of methoxy groups -OCH3 is 1. The van der Waals surface area contributed by atoms with Crippen LogP contribution in [0.4, 0.5) is 10.5 Å². The fraction of sp³-hybridized carbons (Fsp3) is 0.368. The fourth-order valence-electron chi connectivity index (χ4n) is 3.17. The zero-order chi connectivity index (χ0) is 20.9. The van der Waals surface area contributed by atoms with E-state index >= 15 is 0 Å². The lowest BCUT2D eigenvalue weighted by Gasteiger charge is -2.33. The van der Waals surface area contributed by atoms with Crippen molar-refractivity contribution in [1.29, 1.82) is 0 Å². The maximum absolute atomic E-state index is 13.1. The van der Waals surface area contributed by atoms with E-state index < -0.39 is 22.2 Å². The molecule has 3 rings (SSSR count). The van der Waals surface area contributed by atoms with Crippen LogP contribution in [-0.4, -0.2) is 44.4 Å². The Hall–Kier alpha value is -2.85. The molecule has 0 spiro atoms. The average molecular weight is 421 g/mol. The summed E-state index contributed by atoms with van der Waals surface area (Å²) in [5.74, 6) is 0.242. The molecule has 0 saturated carbocycles. The van der Waals surface area contributed by atoms with Gasteiger partial charge in [-0.15, -0.1) is 0 Å². The smallest absolute Gasteiger partial charge is 0.411 e. The Morgan fingerprint density at radius 3 is 2.62 bits per heavy atom. The summed E-state index contributed by atoms with van der Waals surface area (Å²) in [6.07, 6.45) is 2.77. The molecule has 1 saturated heterocycles. The molecule has 0 unspecified atom stereocenters. The Labute approximate surface area is 169 Å². The van der Waals surface area contributed by atoms with E-state index in [1.807, 2.05) is 0 Å². The number of furan rings is 1. The summed E-state index contributed by atoms with van der Waals surface area (Å²) in [6, 6.07) is 8.41. The minimum atomic E-state index is -3.87. The Morgan fingerprint density at radius 1 is 1.21 bits per heavy atom. The summed E-state index contributed by atoms with van der Waals surface area (Å²) in [6.45, 7) is 0.466. The van der Waals surface area contributed by atoms with E-state index in [1.165, 1.54) is 41.9 Å². The number of anilines is 1. The summed E-state index contributed by atoms with van der Waals surface area (Å²) in [5, 5.41) is 5.21. The number of nitrogens with one attached hydrogen (secondary N) is 2. The number of rotatable bonds is 6. The highest BCUT2D eigenvalue weighted by atomic mass is 32.2. The highest BCUT2D eigenvalue weighted by Crippen LogP contribution is 2.26. The van der Waals surface area contributed by atoms with Crippen LogP contribution in [0.15, 0.2) is 52.0 Å². The van der Waals surface area contributed by atoms with Gasteiger partial charge in [0, 0.05) is 12.2 Å². The van der Waals surface area contributed by atoms with E-state index in [0.29, 0.717) is 24.3 Å². The number of hydrogen-bond acceptors (Lipinski definition) is 6. The largest absolute Gasteiger partial charge is 0.467 e. The van der Waals surface area contributed by atoms with Crippen molar-refractivity contribution in [3.05, 3.63) is 48.4 Å². The van der Waals surface area contributed by atoms with E-state index in [-0.39, 0.29) is 23.9 Å². The second kappa shape index (κ2) is 9.10. The first-order valence-electron chi connectivity index (χ1n) is 9.19. The molecule has 2 aromatic rings. The maximum Gasteiger partial charge on any atom is 0.411 e. The topological polar surface area (TPSA) is 118 Å². The molecule has 0 aliphatic carbocycles. The van der Waals surface area contributed by atoms with Crippen molar-refractivity contribution in [2.24, 2.45) is 0 Å². The van der Waals surface area contributed by atoms with E-state index in [0.717, 1.165) is 6.42 Å². The van der Waals surface area contributed by atoms with Gasteiger partial charge in [0.05, 0.1) is 24.8 Å². The van der Waals surface area contributed by atoms with Crippen LogP contribution in [0.5, 0.6) is 0 Å². The molecular formula is C19H23N3O6S. The quantitative estimate of drug-likeness (QED) is 0.739. The lowest BCUT2D eigenvalue weighted by atomic mass is 10.0. The summed E-state index contributed by atoms with van der Waals surface area (Å²) in [5.41, 5.74) is 0.405. The Balaban J connectivity index is 1.74. The molecule has 9 nitrogen and oxygen atoms in total. The van der Waals surface area contributed by atoms with Gasteiger partial charge in [-0.2, -0.15) is 4.31 Å². The number of carbonyl (C=O) groups excluding carboxylic acids is 2. The molecule has 2 heterocycles. The molecule has 29 heavy (non-hydrogen) atoms. The third-order valence-corrected chi connectivity index (χ3v) is 6.59. The number of sulfonamides is 1. The van der Waals surface area contributed by atoms with Crippen LogP contribution in [0, 0.1) is 0 Å². The Bertz CT molecular complexity index is 941. The van der Waals surface area contributed by atoms with Crippen LogP contribution in [0.25, 0.3) is 0 Å². The summed E-state index contributed by atoms with van der Waals surface area (Å²) in [4.78, 5) is 24.0. The number of hydrogen-bond donors (Lipinski definition) is 2. The van der Waals surface area contributed by atoms with Gasteiger partial charge in [-0.05, 0) is 49.2 Å². The molecule has 1 aromatic carbocycles. The molecule has 1 aliphatic rings. The van der Waals surface area contributed by atoms with Gasteiger partial charge in [-0.25, -0.2) is 13.2 Å². The van der Waals surface area contributed by atoms with E-state index in [2.05, 4.69) is 15.4 Å². The van der Waals surface area contributed by atoms with Crippen LogP contribution >= 0.6 is 0 Å². The Morgan fingerprint density at radius 2 is 1.97 bits per heavy atom. The number of ether oxygens (including phenoxy) is 1. The first-order valence-corrected chi connectivity index (χ1v) is 10.6. The normalized spacial score (nSPS) is 17.5. The fourth-order valence-corrected chi connectivity index (χ4v) is 4.83. The molecule has 1 aliphatic heterocycles. The summed E-state index contributed by atoms with van der Waals surface area (Å²) < 4.78 is 37.2. The van der Waals surface area contributed by atoms with Crippen molar-refractivity contribution in [2.75, 3.05) is 19.0 Å². The van der Waals surface area contributed by atoms with E-state index in [4.69, 9.17) is 4.42 Å². The molecule has 2 amide bonds. The second-order valence-corrected chi connectivity index (χ2v) is 8.46. The SMILES string of the molecule is COC(=O)Nc1ccc(S(=O)(=O)N2CCCC[C@H]2C(=O)NCc2ccco2)cc1. The monoisotopic (exact) mass is 421 g/mol. The predicted octanol–water partition coefficient (Wildman–Crippen LogP) is 2.32. The van der Waals surface area contributed by atoms with E-state index in [9.17, 15) is 18.0 Å². The van der Waals surface area contributed by atoms with Gasteiger partial charge in [0.15, 0.2) is 0 Å². The summed E-state index contributed by atoms with van der Waals surface area (Å²) in [7, 11) is -2.64. The van der Waals surface area contributed by atoms with E-state index in [1.54, 1.807) is 12.1 Å². The first kappa shape index (κ1) is 20.9. The van der Waals surface area contributed by atoms with Gasteiger partial charge >= 0.3 is 6.09 Å². The molecule has 10 heteroatoms. The van der Waals surface area contributed by atoms with Crippen molar-refractivity contribution < 1.29 is 27.2 Å². The standard InChI is InChI=1S/C19H23N3O6S/c1-27-19(24)21-14-7-9-16(10-8-14)29(25,26)22-11-3-2-6-17(22)18(23)20-13-15-5-4-12-28-15/h4-5,7-10,12,17H,2-3,6,11,13H2,1H3,(H,20,23)(H,21,24)/t17-/m0/s1. The second-order valence-electron chi connectivity index (χ2n) is 6.57. The number of carbonyl (C=O) groups is 2. The molecule has 0 bridgehead atoms. The highest BCUT2D eigenvalue weighted by molar-refractivity contribution is 7.89. The van der Waals surface area contributed by atoms with Gasteiger partial charge < -0.3 is 14.5 Å². The minimum absolute atomic E-state index is 0.0543. The third-order valence-electron chi connectivity index (χ3n) is 4.67. The zero-order valence-corrected chi connectivity index (χ0v) is 16.8. The number of amides is 2. The van der Waals surface area contributed by atoms with Crippen LogP contribution in [0.2, 0.25) is 0 Å². The summed E-state index contributed by atoms with van der Waals surface area (Å²) >= 11 is 0. The average Bonchev–Trinajstić information content (AvgIpc) is 3.26. The van der Waals surface area contributed by atoms with Crippen LogP contribution in [0.3, 0.4) is 0 Å². The molecule has 1 atom stereocenters. The predicted molar refractivity (Wildman–Crippen MR) is 105 cm³/mol. The zero-order valence-electron chi connectivity index (χ0n) is 16.0. The third kappa shape index (κ3) is 4.96. The van der Waals surface area contributed by atoms with Crippen molar-refractivity contribution in [3.63, 3.8) is 0 Å². The lowest BCUT2D eigenvalue weighted by Crippen LogP contribution is -2.51. The molecule has 0 radical (unpaired) electrons. The molecule has 156 valence electrons. The number of nitrogens with zero attached hydrogens (tertiary/aromatic N) is 1. The molecule has 2 N–H and O–H groups in total. The number of piperidine rings is 1. The number of benzene rings is 1. The molecular weight excluding hydrogens is 398 g/mol. The van der Waals surface area contributed by atoms with Gasteiger partial charge in [0.1, 0.15) is 11.8 Å². The van der Waals surface area contributed by atoms with Crippen LogP contribution < -0.4 is 10.6 Å². The van der Waals surface area contributed by atoms with Gasteiger partial charge in [-0.1, -0.05) is 6.42 Å². The van der Waals surface area contributed by atoms with Crippen molar-refractivity contribution >= 4 is 27.7 Å².